The van der Waals surface area contributed by atoms with E-state index in [-0.39, 0.29) is 0 Å². The van der Waals surface area contributed by atoms with Gasteiger partial charge >= 0.3 is 0 Å². The summed E-state index contributed by atoms with van der Waals surface area (Å²) in [5.41, 5.74) is 9.76. The molecule has 0 heterocycles. The van der Waals surface area contributed by atoms with Crippen LogP contribution in [0, 0.1) is 5.92 Å². The maximum atomic E-state index is 6.61. The Morgan fingerprint density at radius 1 is 1.05 bits per heavy atom. The second-order valence-corrected chi connectivity index (χ2v) is 6.93. The van der Waals surface area contributed by atoms with Gasteiger partial charge in [-0.3, -0.25) is 0 Å². The summed E-state index contributed by atoms with van der Waals surface area (Å²) >= 11 is 3.52. The molecule has 0 fully saturated rings. The van der Waals surface area contributed by atoms with Crippen molar-refractivity contribution >= 4 is 15.9 Å². The minimum Gasteiger partial charge on any atom is -0.318 e. The number of halogens is 1. The Bertz CT molecular complexity index is 587. The second-order valence-electron chi connectivity index (χ2n) is 6.01. The topological polar surface area (TPSA) is 26.0 Å². The lowest BCUT2D eigenvalue weighted by atomic mass is 9.84. The van der Waals surface area contributed by atoms with Gasteiger partial charge in [-0.1, -0.05) is 66.2 Å². The summed E-state index contributed by atoms with van der Waals surface area (Å²) in [5.74, 6) is 0.653. The quantitative estimate of drug-likeness (QED) is 0.849. The van der Waals surface area contributed by atoms with E-state index in [1.54, 1.807) is 0 Å². The van der Waals surface area contributed by atoms with Crippen LogP contribution in [-0.4, -0.2) is 0 Å². The number of nitrogens with two attached hydrogens (primary N) is 1. The molecule has 0 saturated carbocycles. The molecule has 20 heavy (non-hydrogen) atoms. The van der Waals surface area contributed by atoms with Crippen LogP contribution in [0.1, 0.15) is 37.5 Å². The lowest BCUT2D eigenvalue weighted by molar-refractivity contribution is 0.597. The van der Waals surface area contributed by atoms with Crippen LogP contribution in [0.2, 0.25) is 0 Å². The molecule has 1 unspecified atom stereocenters. The Morgan fingerprint density at radius 2 is 1.65 bits per heavy atom. The first-order valence-electron chi connectivity index (χ1n) is 7.04. The summed E-state index contributed by atoms with van der Waals surface area (Å²) in [4.78, 5) is 0. The van der Waals surface area contributed by atoms with Gasteiger partial charge in [0.15, 0.2) is 0 Å². The molecule has 0 spiro atoms. The molecule has 2 aromatic carbocycles. The summed E-state index contributed by atoms with van der Waals surface area (Å²) in [6, 6.07) is 16.9. The van der Waals surface area contributed by atoms with Gasteiger partial charge in [-0.15, -0.1) is 0 Å². The fourth-order valence-electron chi connectivity index (χ4n) is 2.47. The minimum absolute atomic E-state index is 0.475. The molecule has 0 amide bonds. The van der Waals surface area contributed by atoms with E-state index < -0.39 is 5.54 Å². The van der Waals surface area contributed by atoms with E-state index in [1.165, 1.54) is 5.56 Å². The first-order chi connectivity index (χ1) is 9.39. The van der Waals surface area contributed by atoms with Crippen molar-refractivity contribution in [2.75, 3.05) is 0 Å². The fraction of sp³-hybridized carbons (Fsp3) is 0.333. The van der Waals surface area contributed by atoms with Crippen LogP contribution in [0.15, 0.2) is 53.0 Å². The Kier molecular flexibility index (Phi) is 4.66. The summed E-state index contributed by atoms with van der Waals surface area (Å²) in [6.07, 6.45) is 1.09. The molecule has 1 nitrogen and oxygen atoms in total. The normalized spacial score (nSPS) is 14.3. The summed E-state index contributed by atoms with van der Waals surface area (Å²) in [6.45, 7) is 6.55. The highest BCUT2D eigenvalue weighted by Gasteiger charge is 2.24. The molecule has 0 aliphatic rings. The predicted octanol–water partition coefficient (Wildman–Crippen LogP) is 4.87. The Balaban J connectivity index is 2.38. The van der Waals surface area contributed by atoms with E-state index in [4.69, 9.17) is 5.73 Å². The van der Waals surface area contributed by atoms with Crippen molar-refractivity contribution in [2.24, 2.45) is 11.7 Å². The highest BCUT2D eigenvalue weighted by Crippen LogP contribution is 2.29. The third-order valence-electron chi connectivity index (χ3n) is 3.59. The smallest absolute Gasteiger partial charge is 0.0637 e. The van der Waals surface area contributed by atoms with Gasteiger partial charge in [0, 0.05) is 4.47 Å². The number of rotatable bonds is 4. The van der Waals surface area contributed by atoms with Crippen molar-refractivity contribution in [3.8, 4) is 0 Å². The fourth-order valence-corrected chi connectivity index (χ4v) is 2.87. The van der Waals surface area contributed by atoms with Crippen LogP contribution in [0.4, 0.5) is 0 Å². The monoisotopic (exact) mass is 331 g/mol. The van der Waals surface area contributed by atoms with Crippen LogP contribution < -0.4 is 5.73 Å². The molecular formula is C18H22BrN. The zero-order valence-electron chi connectivity index (χ0n) is 12.4. The van der Waals surface area contributed by atoms with Crippen LogP contribution >= 0.6 is 15.9 Å². The van der Waals surface area contributed by atoms with Crippen LogP contribution in [-0.2, 0) is 12.0 Å². The second kappa shape index (κ2) is 6.11. The Morgan fingerprint density at radius 3 is 2.25 bits per heavy atom. The number of hydrogen-bond acceptors (Lipinski definition) is 1. The Labute approximate surface area is 130 Å². The summed E-state index contributed by atoms with van der Waals surface area (Å²) in [7, 11) is 0. The average Bonchev–Trinajstić information content (AvgIpc) is 2.38. The van der Waals surface area contributed by atoms with Gasteiger partial charge in [0.1, 0.15) is 0 Å². The number of hydrogen-bond donors (Lipinski definition) is 1. The zero-order valence-corrected chi connectivity index (χ0v) is 13.9. The van der Waals surface area contributed by atoms with Gasteiger partial charge in [-0.25, -0.2) is 0 Å². The van der Waals surface area contributed by atoms with Gasteiger partial charge in [-0.2, -0.15) is 0 Å². The molecule has 106 valence electrons. The molecule has 0 aliphatic heterocycles. The molecule has 0 aromatic heterocycles. The SMILES string of the molecule is CC(C)Cc1cccc(C(C)(N)c2cccc(Br)c2)c1. The van der Waals surface area contributed by atoms with E-state index in [2.05, 4.69) is 73.1 Å². The van der Waals surface area contributed by atoms with E-state index in [1.807, 2.05) is 12.1 Å². The van der Waals surface area contributed by atoms with Crippen LogP contribution in [0.3, 0.4) is 0 Å². The predicted molar refractivity (Wildman–Crippen MR) is 89.8 cm³/mol. The van der Waals surface area contributed by atoms with Gasteiger partial charge in [-0.05, 0) is 48.1 Å². The van der Waals surface area contributed by atoms with Gasteiger partial charge in [0.2, 0.25) is 0 Å². The minimum atomic E-state index is -0.475. The van der Waals surface area contributed by atoms with Crippen LogP contribution in [0.25, 0.3) is 0 Å². The van der Waals surface area contributed by atoms with Crippen molar-refractivity contribution in [1.82, 2.24) is 0 Å². The average molecular weight is 332 g/mol. The lowest BCUT2D eigenvalue weighted by Crippen LogP contribution is -2.34. The highest BCUT2D eigenvalue weighted by atomic mass is 79.9. The first-order valence-corrected chi connectivity index (χ1v) is 7.83. The molecule has 0 radical (unpaired) electrons. The van der Waals surface area contributed by atoms with Crippen LogP contribution in [0.5, 0.6) is 0 Å². The van der Waals surface area contributed by atoms with Crippen molar-refractivity contribution in [1.29, 1.82) is 0 Å². The molecule has 1 atom stereocenters. The summed E-state index contributed by atoms with van der Waals surface area (Å²) in [5, 5.41) is 0. The standard InChI is InChI=1S/C18H22BrN/c1-13(2)10-14-6-4-7-15(11-14)18(3,20)16-8-5-9-17(19)12-16/h4-9,11-13H,10,20H2,1-3H3. The largest absolute Gasteiger partial charge is 0.318 e. The molecular weight excluding hydrogens is 310 g/mol. The zero-order chi connectivity index (χ0) is 14.8. The summed E-state index contributed by atoms with van der Waals surface area (Å²) < 4.78 is 1.06. The molecule has 2 aromatic rings. The molecule has 0 aliphatic carbocycles. The van der Waals surface area contributed by atoms with Crippen molar-refractivity contribution < 1.29 is 0 Å². The van der Waals surface area contributed by atoms with Gasteiger partial charge in [0.25, 0.3) is 0 Å². The lowest BCUT2D eigenvalue weighted by Gasteiger charge is -2.27. The maximum Gasteiger partial charge on any atom is 0.0637 e. The molecule has 0 saturated heterocycles. The first kappa shape index (κ1) is 15.3. The number of benzene rings is 2. The van der Waals surface area contributed by atoms with E-state index >= 15 is 0 Å². The van der Waals surface area contributed by atoms with Gasteiger partial charge in [0.05, 0.1) is 5.54 Å². The molecule has 0 bridgehead atoms. The van der Waals surface area contributed by atoms with Crippen molar-refractivity contribution in [3.63, 3.8) is 0 Å². The maximum absolute atomic E-state index is 6.61. The molecule has 2 N–H and O–H groups in total. The van der Waals surface area contributed by atoms with E-state index in [0.29, 0.717) is 5.92 Å². The van der Waals surface area contributed by atoms with Crippen molar-refractivity contribution in [2.45, 2.75) is 32.7 Å². The Hall–Kier alpha value is -1.12. The molecule has 2 rings (SSSR count). The van der Waals surface area contributed by atoms with E-state index in [0.717, 1.165) is 22.0 Å². The van der Waals surface area contributed by atoms with E-state index in [9.17, 15) is 0 Å². The third kappa shape index (κ3) is 3.50. The highest BCUT2D eigenvalue weighted by molar-refractivity contribution is 9.10. The van der Waals surface area contributed by atoms with Gasteiger partial charge < -0.3 is 5.73 Å². The van der Waals surface area contributed by atoms with Crippen molar-refractivity contribution in [3.05, 3.63) is 69.7 Å². The third-order valence-corrected chi connectivity index (χ3v) is 4.09. The molecule has 2 heteroatoms.